The van der Waals surface area contributed by atoms with Gasteiger partial charge in [-0.05, 0) is 22.9 Å². The zero-order chi connectivity index (χ0) is 10.1. The third-order valence-electron chi connectivity index (χ3n) is 2.56. The first kappa shape index (κ1) is 8.74. The van der Waals surface area contributed by atoms with Crippen LogP contribution < -0.4 is 4.74 Å². The number of ether oxygens (including phenoxy) is 2. The van der Waals surface area contributed by atoms with Crippen LogP contribution in [0.2, 0.25) is 0 Å². The van der Waals surface area contributed by atoms with Crippen molar-refractivity contribution in [3.05, 3.63) is 42.5 Å². The van der Waals surface area contributed by atoms with Crippen LogP contribution in [0.1, 0.15) is 0 Å². The Balaban J connectivity index is 1.84. The van der Waals surface area contributed by atoms with Gasteiger partial charge >= 0.3 is 0 Å². The van der Waals surface area contributed by atoms with Gasteiger partial charge in [0.05, 0.1) is 6.61 Å². The molecule has 0 amide bonds. The summed E-state index contributed by atoms with van der Waals surface area (Å²) in [5, 5.41) is 2.46. The van der Waals surface area contributed by atoms with Crippen LogP contribution in [0, 0.1) is 0 Å². The fraction of sp³-hybridized carbons (Fsp3) is 0.231. The molecule has 1 atom stereocenters. The third-order valence-corrected chi connectivity index (χ3v) is 2.56. The first-order valence-corrected chi connectivity index (χ1v) is 5.15. The zero-order valence-electron chi connectivity index (χ0n) is 8.35. The number of fused-ring (bicyclic) bond motifs is 1. The van der Waals surface area contributed by atoms with Crippen molar-refractivity contribution in [2.45, 2.75) is 6.10 Å². The summed E-state index contributed by atoms with van der Waals surface area (Å²) in [7, 11) is 0. The summed E-state index contributed by atoms with van der Waals surface area (Å²) in [6, 6.07) is 14.4. The molecule has 0 N–H and O–H groups in total. The Morgan fingerprint density at radius 3 is 2.73 bits per heavy atom. The quantitative estimate of drug-likeness (QED) is 0.710. The zero-order valence-corrected chi connectivity index (χ0v) is 8.35. The molecular weight excluding hydrogens is 188 g/mol. The van der Waals surface area contributed by atoms with E-state index in [1.807, 2.05) is 18.2 Å². The molecule has 1 aliphatic rings. The van der Waals surface area contributed by atoms with E-state index in [0.717, 1.165) is 12.4 Å². The minimum absolute atomic E-state index is 0.316. The summed E-state index contributed by atoms with van der Waals surface area (Å²) in [5.41, 5.74) is 0. The molecule has 0 bridgehead atoms. The van der Waals surface area contributed by atoms with Gasteiger partial charge in [-0.25, -0.2) is 0 Å². The molecule has 1 heterocycles. The van der Waals surface area contributed by atoms with Crippen LogP contribution in [0.25, 0.3) is 10.8 Å². The van der Waals surface area contributed by atoms with Crippen molar-refractivity contribution in [3.8, 4) is 5.75 Å². The van der Waals surface area contributed by atoms with Crippen LogP contribution in [-0.4, -0.2) is 19.3 Å². The smallest absolute Gasteiger partial charge is 0.120 e. The maximum absolute atomic E-state index is 5.61. The minimum Gasteiger partial charge on any atom is -0.491 e. The van der Waals surface area contributed by atoms with Crippen molar-refractivity contribution in [1.29, 1.82) is 0 Å². The van der Waals surface area contributed by atoms with Gasteiger partial charge in [-0.2, -0.15) is 0 Å². The van der Waals surface area contributed by atoms with E-state index in [1.165, 1.54) is 10.8 Å². The summed E-state index contributed by atoms with van der Waals surface area (Å²) >= 11 is 0. The summed E-state index contributed by atoms with van der Waals surface area (Å²) in [6.07, 6.45) is 0.316. The lowest BCUT2D eigenvalue weighted by atomic mass is 10.1. The number of hydrogen-bond donors (Lipinski definition) is 0. The Bertz CT molecular complexity index is 475. The van der Waals surface area contributed by atoms with E-state index in [9.17, 15) is 0 Å². The summed E-state index contributed by atoms with van der Waals surface area (Å²) < 4.78 is 10.7. The second-order valence-electron chi connectivity index (χ2n) is 3.78. The molecule has 76 valence electrons. The van der Waals surface area contributed by atoms with E-state index in [0.29, 0.717) is 12.7 Å². The molecule has 15 heavy (non-hydrogen) atoms. The number of benzene rings is 2. The SMILES string of the molecule is c1ccc2cc(OC[C@@H]3CO3)ccc2c1. The van der Waals surface area contributed by atoms with Crippen molar-refractivity contribution in [1.82, 2.24) is 0 Å². The summed E-state index contributed by atoms with van der Waals surface area (Å²) in [4.78, 5) is 0. The first-order valence-electron chi connectivity index (χ1n) is 5.15. The molecule has 2 aromatic carbocycles. The van der Waals surface area contributed by atoms with Gasteiger partial charge < -0.3 is 9.47 Å². The lowest BCUT2D eigenvalue weighted by Crippen LogP contribution is -2.03. The van der Waals surface area contributed by atoms with Crippen LogP contribution >= 0.6 is 0 Å². The maximum Gasteiger partial charge on any atom is 0.120 e. The molecule has 3 rings (SSSR count). The van der Waals surface area contributed by atoms with E-state index < -0.39 is 0 Å². The molecule has 2 heteroatoms. The molecule has 0 spiro atoms. The fourth-order valence-electron chi connectivity index (χ4n) is 1.61. The number of rotatable bonds is 3. The minimum atomic E-state index is 0.316. The lowest BCUT2D eigenvalue weighted by molar-refractivity contribution is 0.263. The van der Waals surface area contributed by atoms with Crippen LogP contribution in [0.3, 0.4) is 0 Å². The summed E-state index contributed by atoms with van der Waals surface area (Å²) in [5.74, 6) is 0.921. The van der Waals surface area contributed by atoms with Crippen molar-refractivity contribution < 1.29 is 9.47 Å². The molecule has 0 aliphatic carbocycles. The highest BCUT2D eigenvalue weighted by atomic mass is 16.6. The van der Waals surface area contributed by atoms with E-state index in [1.54, 1.807) is 0 Å². The predicted octanol–water partition coefficient (Wildman–Crippen LogP) is 2.62. The largest absolute Gasteiger partial charge is 0.491 e. The van der Waals surface area contributed by atoms with Gasteiger partial charge in [0.15, 0.2) is 0 Å². The highest BCUT2D eigenvalue weighted by molar-refractivity contribution is 5.83. The highest BCUT2D eigenvalue weighted by Crippen LogP contribution is 2.21. The van der Waals surface area contributed by atoms with E-state index >= 15 is 0 Å². The van der Waals surface area contributed by atoms with Gasteiger partial charge in [0, 0.05) is 0 Å². The second kappa shape index (κ2) is 3.55. The second-order valence-corrected chi connectivity index (χ2v) is 3.78. The lowest BCUT2D eigenvalue weighted by Gasteiger charge is -2.05. The summed E-state index contributed by atoms with van der Waals surface area (Å²) in [6.45, 7) is 1.51. The van der Waals surface area contributed by atoms with Crippen LogP contribution in [0.5, 0.6) is 5.75 Å². The molecule has 1 aliphatic heterocycles. The Labute approximate surface area is 88.4 Å². The van der Waals surface area contributed by atoms with Gasteiger partial charge in [-0.1, -0.05) is 30.3 Å². The van der Waals surface area contributed by atoms with E-state index in [4.69, 9.17) is 9.47 Å². The molecule has 0 unspecified atom stereocenters. The molecule has 2 nitrogen and oxygen atoms in total. The van der Waals surface area contributed by atoms with Crippen LogP contribution in [0.15, 0.2) is 42.5 Å². The molecule has 2 aromatic rings. The highest BCUT2D eigenvalue weighted by Gasteiger charge is 2.22. The van der Waals surface area contributed by atoms with Gasteiger partial charge in [-0.3, -0.25) is 0 Å². The standard InChI is InChI=1S/C13H12O2/c1-2-4-11-7-12(6-5-10(11)3-1)14-8-13-9-15-13/h1-7,13H,8-9H2/t13-/m1/s1. The van der Waals surface area contributed by atoms with Crippen molar-refractivity contribution in [3.63, 3.8) is 0 Å². The Morgan fingerprint density at radius 1 is 1.13 bits per heavy atom. The van der Waals surface area contributed by atoms with Crippen LogP contribution in [0.4, 0.5) is 0 Å². The molecule has 0 saturated carbocycles. The van der Waals surface area contributed by atoms with Crippen molar-refractivity contribution >= 4 is 10.8 Å². The predicted molar refractivity (Wildman–Crippen MR) is 59.2 cm³/mol. The molecule has 0 aromatic heterocycles. The first-order chi connectivity index (χ1) is 7.42. The topological polar surface area (TPSA) is 21.8 Å². The van der Waals surface area contributed by atoms with Crippen LogP contribution in [-0.2, 0) is 4.74 Å². The molecule has 1 saturated heterocycles. The fourth-order valence-corrected chi connectivity index (χ4v) is 1.61. The molecule has 1 fully saturated rings. The van der Waals surface area contributed by atoms with Gasteiger partial charge in [0.1, 0.15) is 18.5 Å². The van der Waals surface area contributed by atoms with Crippen molar-refractivity contribution in [2.24, 2.45) is 0 Å². The van der Waals surface area contributed by atoms with Crippen molar-refractivity contribution in [2.75, 3.05) is 13.2 Å². The maximum atomic E-state index is 5.61. The molecule has 0 radical (unpaired) electrons. The monoisotopic (exact) mass is 200 g/mol. The van der Waals surface area contributed by atoms with Gasteiger partial charge in [0.25, 0.3) is 0 Å². The normalized spacial score (nSPS) is 19.1. The van der Waals surface area contributed by atoms with E-state index in [2.05, 4.69) is 24.3 Å². The average molecular weight is 200 g/mol. The van der Waals surface area contributed by atoms with Gasteiger partial charge in [-0.15, -0.1) is 0 Å². The third kappa shape index (κ3) is 1.95. The average Bonchev–Trinajstić information content (AvgIpc) is 3.10. The Kier molecular flexibility index (Phi) is 2.07. The Hall–Kier alpha value is -1.54. The number of hydrogen-bond acceptors (Lipinski definition) is 2. The number of epoxide rings is 1. The Morgan fingerprint density at radius 2 is 1.93 bits per heavy atom. The molecular formula is C13H12O2. The van der Waals surface area contributed by atoms with E-state index in [-0.39, 0.29) is 0 Å². The van der Waals surface area contributed by atoms with Gasteiger partial charge in [0.2, 0.25) is 0 Å².